The second-order valence-electron chi connectivity index (χ2n) is 7.42. The first-order valence-electron chi connectivity index (χ1n) is 10.3. The van der Waals surface area contributed by atoms with Gasteiger partial charge >= 0.3 is 5.97 Å². The summed E-state index contributed by atoms with van der Waals surface area (Å²) in [5.74, 6) is -0.0843. The van der Waals surface area contributed by atoms with E-state index in [0.717, 1.165) is 37.7 Å². The topological polar surface area (TPSA) is 92.7 Å². The molecule has 0 aliphatic heterocycles. The molecule has 0 heterocycles. The van der Waals surface area contributed by atoms with Gasteiger partial charge in [0, 0.05) is 17.2 Å². The lowest BCUT2D eigenvalue weighted by molar-refractivity contribution is -0.140. The average Bonchev–Trinajstić information content (AvgIpc) is 2.76. The fourth-order valence-electron chi connectivity index (χ4n) is 3.51. The Balaban J connectivity index is 1.65. The smallest absolute Gasteiger partial charge is 0.305 e. The molecule has 0 radical (unpaired) electrons. The van der Waals surface area contributed by atoms with E-state index in [2.05, 4.69) is 9.46 Å². The molecule has 0 aromatic heterocycles. The van der Waals surface area contributed by atoms with Crippen LogP contribution in [0.25, 0.3) is 10.8 Å². The van der Waals surface area contributed by atoms with Gasteiger partial charge in [0.1, 0.15) is 5.75 Å². The van der Waals surface area contributed by atoms with Crippen molar-refractivity contribution in [2.45, 2.75) is 43.4 Å². The van der Waals surface area contributed by atoms with Crippen LogP contribution in [-0.4, -0.2) is 26.6 Å². The molecule has 0 aliphatic rings. The van der Waals surface area contributed by atoms with Crippen LogP contribution in [0.3, 0.4) is 0 Å². The molecule has 7 heteroatoms. The molecule has 3 rings (SSSR count). The Labute approximate surface area is 182 Å². The van der Waals surface area contributed by atoms with Gasteiger partial charge in [-0.25, -0.2) is 8.42 Å². The molecule has 3 aromatic rings. The summed E-state index contributed by atoms with van der Waals surface area (Å²) in [6, 6.07) is 17.1. The molecule has 0 amide bonds. The van der Waals surface area contributed by atoms with Crippen molar-refractivity contribution in [3.63, 3.8) is 0 Å². The predicted molar refractivity (Wildman–Crippen MR) is 122 cm³/mol. The van der Waals surface area contributed by atoms with Crippen LogP contribution in [-0.2, 0) is 26.0 Å². The number of carbonyl (C=O) groups excluding carboxylic acids is 1. The minimum atomic E-state index is -3.77. The number of hydrogen-bond donors (Lipinski definition) is 2. The standard InChI is InChI=1S/C24H27NO5S/c1-30-24(27)16-5-3-2-4-9-18-10-6-11-19(17-18)31(28,29)25-22-14-7-13-21-20(22)12-8-15-23(21)26/h6-8,10-15,17,25-26H,2-5,9,16H2,1H3. The van der Waals surface area contributed by atoms with Crippen molar-refractivity contribution in [1.29, 1.82) is 0 Å². The minimum Gasteiger partial charge on any atom is -0.507 e. The SMILES string of the molecule is COC(=O)CCCCCCc1cccc(S(=O)(=O)Nc2cccc3c(O)cccc23)c1. The van der Waals surface area contributed by atoms with E-state index in [-0.39, 0.29) is 16.6 Å². The molecule has 0 aliphatic carbocycles. The molecule has 0 saturated carbocycles. The fourth-order valence-corrected chi connectivity index (χ4v) is 4.66. The van der Waals surface area contributed by atoms with E-state index >= 15 is 0 Å². The number of nitrogens with one attached hydrogen (secondary N) is 1. The third-order valence-corrected chi connectivity index (χ3v) is 6.54. The summed E-state index contributed by atoms with van der Waals surface area (Å²) in [5.41, 5.74) is 1.37. The molecular formula is C24H27NO5S. The highest BCUT2D eigenvalue weighted by molar-refractivity contribution is 7.92. The van der Waals surface area contributed by atoms with E-state index < -0.39 is 10.0 Å². The lowest BCUT2D eigenvalue weighted by atomic mass is 10.1. The number of anilines is 1. The Bertz CT molecular complexity index is 1160. The van der Waals surface area contributed by atoms with Crippen LogP contribution in [0.1, 0.15) is 37.7 Å². The van der Waals surface area contributed by atoms with E-state index in [9.17, 15) is 18.3 Å². The molecule has 6 nitrogen and oxygen atoms in total. The summed E-state index contributed by atoms with van der Waals surface area (Å²) < 4.78 is 33.2. The van der Waals surface area contributed by atoms with Gasteiger partial charge in [-0.2, -0.15) is 0 Å². The third-order valence-electron chi connectivity index (χ3n) is 5.18. The quantitative estimate of drug-likeness (QED) is 0.341. The van der Waals surface area contributed by atoms with E-state index in [1.165, 1.54) is 7.11 Å². The lowest BCUT2D eigenvalue weighted by Crippen LogP contribution is -2.13. The molecule has 0 bridgehead atoms. The van der Waals surface area contributed by atoms with Gasteiger partial charge in [0.25, 0.3) is 10.0 Å². The number of esters is 1. The molecular weight excluding hydrogens is 414 g/mol. The largest absolute Gasteiger partial charge is 0.507 e. The second-order valence-corrected chi connectivity index (χ2v) is 9.10. The number of rotatable bonds is 10. The van der Waals surface area contributed by atoms with Crippen LogP contribution in [0.5, 0.6) is 5.75 Å². The average molecular weight is 442 g/mol. The van der Waals surface area contributed by atoms with E-state index in [4.69, 9.17) is 0 Å². The van der Waals surface area contributed by atoms with Crippen LogP contribution in [0.4, 0.5) is 5.69 Å². The number of hydrogen-bond acceptors (Lipinski definition) is 5. The summed E-state index contributed by atoms with van der Waals surface area (Å²) in [7, 11) is -2.38. The third kappa shape index (κ3) is 5.98. The summed E-state index contributed by atoms with van der Waals surface area (Å²) in [6.07, 6.45) is 4.81. The van der Waals surface area contributed by atoms with E-state index in [1.54, 1.807) is 54.6 Å². The maximum absolute atomic E-state index is 13.0. The first-order valence-corrected chi connectivity index (χ1v) is 11.8. The van der Waals surface area contributed by atoms with Crippen LogP contribution >= 0.6 is 0 Å². The van der Waals surface area contributed by atoms with E-state index in [1.807, 2.05) is 6.07 Å². The predicted octanol–water partition coefficient (Wildman–Crippen LogP) is 5.01. The highest BCUT2D eigenvalue weighted by Gasteiger charge is 2.16. The van der Waals surface area contributed by atoms with Crippen molar-refractivity contribution in [1.82, 2.24) is 0 Å². The van der Waals surface area contributed by atoms with Gasteiger partial charge in [0.15, 0.2) is 0 Å². The molecule has 0 saturated heterocycles. The van der Waals surface area contributed by atoms with Gasteiger partial charge in [0.2, 0.25) is 0 Å². The van der Waals surface area contributed by atoms with Crippen molar-refractivity contribution >= 4 is 32.5 Å². The van der Waals surface area contributed by atoms with Gasteiger partial charge in [0.05, 0.1) is 17.7 Å². The molecule has 0 unspecified atom stereocenters. The van der Waals surface area contributed by atoms with Crippen molar-refractivity contribution in [3.8, 4) is 5.75 Å². The molecule has 0 fully saturated rings. The highest BCUT2D eigenvalue weighted by atomic mass is 32.2. The number of ether oxygens (including phenoxy) is 1. The number of fused-ring (bicyclic) bond motifs is 1. The van der Waals surface area contributed by atoms with Crippen LogP contribution in [0.15, 0.2) is 65.6 Å². The van der Waals surface area contributed by atoms with Crippen molar-refractivity contribution in [2.24, 2.45) is 0 Å². The number of carbonyl (C=O) groups is 1. The number of benzene rings is 3. The number of phenols is 1. The molecule has 164 valence electrons. The normalized spacial score (nSPS) is 11.4. The maximum Gasteiger partial charge on any atom is 0.305 e. The summed E-state index contributed by atoms with van der Waals surface area (Å²) >= 11 is 0. The van der Waals surface area contributed by atoms with Crippen LogP contribution in [0.2, 0.25) is 0 Å². The van der Waals surface area contributed by atoms with Gasteiger partial charge < -0.3 is 9.84 Å². The molecule has 3 aromatic carbocycles. The lowest BCUT2D eigenvalue weighted by Gasteiger charge is -2.12. The van der Waals surface area contributed by atoms with Gasteiger partial charge in [-0.15, -0.1) is 0 Å². The zero-order valence-corrected chi connectivity index (χ0v) is 18.3. The number of aryl methyl sites for hydroxylation is 1. The van der Waals surface area contributed by atoms with Crippen LogP contribution < -0.4 is 4.72 Å². The Hall–Kier alpha value is -3.06. The molecule has 2 N–H and O–H groups in total. The summed E-state index contributed by atoms with van der Waals surface area (Å²) in [5, 5.41) is 11.2. The molecule has 0 spiro atoms. The number of unbranched alkanes of at least 4 members (excludes halogenated alkanes) is 3. The Morgan fingerprint density at radius 2 is 1.65 bits per heavy atom. The van der Waals surface area contributed by atoms with Gasteiger partial charge in [-0.05, 0) is 49.1 Å². The fraction of sp³-hybridized carbons (Fsp3) is 0.292. The number of phenolic OH excluding ortho intramolecular Hbond substituents is 1. The Morgan fingerprint density at radius 3 is 2.45 bits per heavy atom. The van der Waals surface area contributed by atoms with Crippen molar-refractivity contribution in [3.05, 3.63) is 66.2 Å². The summed E-state index contributed by atoms with van der Waals surface area (Å²) in [6.45, 7) is 0. The Kier molecular flexibility index (Phi) is 7.52. The minimum absolute atomic E-state index is 0.104. The zero-order valence-electron chi connectivity index (χ0n) is 17.5. The zero-order chi connectivity index (χ0) is 22.3. The van der Waals surface area contributed by atoms with Gasteiger partial charge in [-0.3, -0.25) is 9.52 Å². The summed E-state index contributed by atoms with van der Waals surface area (Å²) in [4.78, 5) is 11.3. The number of sulfonamides is 1. The van der Waals surface area contributed by atoms with Crippen LogP contribution in [0, 0.1) is 0 Å². The molecule has 0 atom stereocenters. The monoisotopic (exact) mass is 441 g/mol. The van der Waals surface area contributed by atoms with Crippen molar-refractivity contribution < 1.29 is 23.1 Å². The van der Waals surface area contributed by atoms with Crippen molar-refractivity contribution in [2.75, 3.05) is 11.8 Å². The second kappa shape index (κ2) is 10.3. The van der Waals surface area contributed by atoms with E-state index in [0.29, 0.717) is 22.9 Å². The Morgan fingerprint density at radius 1 is 0.935 bits per heavy atom. The highest BCUT2D eigenvalue weighted by Crippen LogP contribution is 2.31. The van der Waals surface area contributed by atoms with Gasteiger partial charge in [-0.1, -0.05) is 49.2 Å². The number of methoxy groups -OCH3 is 1. The maximum atomic E-state index is 13.0. The first kappa shape index (κ1) is 22.6. The molecule has 31 heavy (non-hydrogen) atoms. The first-order chi connectivity index (χ1) is 14.9. The number of aromatic hydroxyl groups is 1.